The van der Waals surface area contributed by atoms with Crippen molar-refractivity contribution in [2.24, 2.45) is 0 Å². The van der Waals surface area contributed by atoms with Crippen molar-refractivity contribution in [2.45, 2.75) is 37.4 Å². The van der Waals surface area contributed by atoms with Crippen LogP contribution in [0, 0.1) is 0 Å². The molecule has 1 saturated carbocycles. The number of hydrogen-bond acceptors (Lipinski definition) is 3. The summed E-state index contributed by atoms with van der Waals surface area (Å²) >= 11 is 0. The Morgan fingerprint density at radius 2 is 1.79 bits per heavy atom. The third-order valence-corrected chi connectivity index (χ3v) is 5.23. The topological polar surface area (TPSA) is 83.5 Å². The molecule has 0 saturated heterocycles. The maximum Gasteiger partial charge on any atom is 0.313 e. The highest BCUT2D eigenvalue weighted by atomic mass is 32.2. The first kappa shape index (κ1) is 13.9. The number of hydrogen-bond donors (Lipinski definition) is 2. The molecule has 6 heteroatoms. The standard InChI is InChI=1S/C13H17NO4S/c1-13(2,12(15)16)9-3-5-10(6-4-9)14-19(17,18)11-7-8-11/h3-6,11,14H,7-8H2,1-2H3,(H,15,16). The van der Waals surface area contributed by atoms with Crippen LogP contribution in [0.25, 0.3) is 0 Å². The quantitative estimate of drug-likeness (QED) is 0.865. The lowest BCUT2D eigenvalue weighted by Crippen LogP contribution is -2.28. The third-order valence-electron chi connectivity index (χ3n) is 3.36. The Kier molecular flexibility index (Phi) is 3.30. The number of carboxylic acid groups (broad SMARTS) is 1. The van der Waals surface area contributed by atoms with E-state index < -0.39 is 21.4 Å². The van der Waals surface area contributed by atoms with Crippen molar-refractivity contribution in [3.05, 3.63) is 29.8 Å². The van der Waals surface area contributed by atoms with E-state index in [-0.39, 0.29) is 5.25 Å². The molecule has 1 aromatic rings. The van der Waals surface area contributed by atoms with Gasteiger partial charge in [-0.3, -0.25) is 9.52 Å². The molecule has 0 bridgehead atoms. The first-order valence-corrected chi connectivity index (χ1v) is 7.64. The molecule has 1 aromatic carbocycles. The van der Waals surface area contributed by atoms with Gasteiger partial charge in [0, 0.05) is 5.69 Å². The van der Waals surface area contributed by atoms with Crippen molar-refractivity contribution in [3.63, 3.8) is 0 Å². The van der Waals surface area contributed by atoms with Crippen LogP contribution < -0.4 is 4.72 Å². The molecule has 0 radical (unpaired) electrons. The molecular weight excluding hydrogens is 266 g/mol. The van der Waals surface area contributed by atoms with Gasteiger partial charge in [0.2, 0.25) is 10.0 Å². The van der Waals surface area contributed by atoms with Gasteiger partial charge >= 0.3 is 5.97 Å². The Bertz CT molecular complexity index is 586. The first-order valence-electron chi connectivity index (χ1n) is 6.09. The molecule has 104 valence electrons. The Morgan fingerprint density at radius 1 is 1.26 bits per heavy atom. The molecule has 2 rings (SSSR count). The SMILES string of the molecule is CC(C)(C(=O)O)c1ccc(NS(=O)(=O)C2CC2)cc1. The zero-order valence-corrected chi connectivity index (χ0v) is 11.7. The van der Waals surface area contributed by atoms with Gasteiger partial charge in [-0.05, 0) is 44.4 Å². The summed E-state index contributed by atoms with van der Waals surface area (Å²) in [4.78, 5) is 11.1. The first-order chi connectivity index (χ1) is 8.73. The number of carboxylic acids is 1. The normalized spacial score (nSPS) is 16.1. The molecular formula is C13H17NO4S. The second-order valence-electron chi connectivity index (χ2n) is 5.35. The van der Waals surface area contributed by atoms with Crippen LogP contribution in [0.2, 0.25) is 0 Å². The predicted octanol–water partition coefficient (Wildman–Crippen LogP) is 1.95. The molecule has 1 aliphatic carbocycles. The minimum atomic E-state index is -3.27. The van der Waals surface area contributed by atoms with Crippen LogP contribution in [-0.2, 0) is 20.2 Å². The maximum absolute atomic E-state index is 11.7. The summed E-state index contributed by atoms with van der Waals surface area (Å²) in [5.41, 5.74) is 0.111. The highest BCUT2D eigenvalue weighted by molar-refractivity contribution is 7.93. The third kappa shape index (κ3) is 2.89. The molecule has 19 heavy (non-hydrogen) atoms. The molecule has 0 amide bonds. The minimum Gasteiger partial charge on any atom is -0.481 e. The van der Waals surface area contributed by atoms with E-state index in [4.69, 9.17) is 5.11 Å². The molecule has 0 atom stereocenters. The van der Waals surface area contributed by atoms with E-state index in [1.807, 2.05) is 0 Å². The maximum atomic E-state index is 11.7. The molecule has 5 nitrogen and oxygen atoms in total. The summed E-state index contributed by atoms with van der Waals surface area (Å²) < 4.78 is 26.0. The number of rotatable bonds is 5. The molecule has 0 heterocycles. The fourth-order valence-corrected chi connectivity index (χ4v) is 3.09. The van der Waals surface area contributed by atoms with E-state index in [1.165, 1.54) is 0 Å². The zero-order valence-electron chi connectivity index (χ0n) is 10.9. The average molecular weight is 283 g/mol. The second-order valence-corrected chi connectivity index (χ2v) is 7.31. The Hall–Kier alpha value is -1.56. The number of benzene rings is 1. The summed E-state index contributed by atoms with van der Waals surface area (Å²) in [6.07, 6.45) is 1.42. The van der Waals surface area contributed by atoms with Crippen LogP contribution >= 0.6 is 0 Å². The molecule has 2 N–H and O–H groups in total. The summed E-state index contributed by atoms with van der Waals surface area (Å²) in [5.74, 6) is -0.918. The Morgan fingerprint density at radius 3 is 2.21 bits per heavy atom. The van der Waals surface area contributed by atoms with E-state index in [9.17, 15) is 13.2 Å². The van der Waals surface area contributed by atoms with Crippen LogP contribution in [0.15, 0.2) is 24.3 Å². The highest BCUT2D eigenvalue weighted by Crippen LogP contribution is 2.30. The lowest BCUT2D eigenvalue weighted by Gasteiger charge is -2.20. The highest BCUT2D eigenvalue weighted by Gasteiger charge is 2.35. The number of aliphatic carboxylic acids is 1. The molecule has 1 aliphatic rings. The predicted molar refractivity (Wildman–Crippen MR) is 72.7 cm³/mol. The monoisotopic (exact) mass is 283 g/mol. The van der Waals surface area contributed by atoms with Gasteiger partial charge in [-0.1, -0.05) is 12.1 Å². The van der Waals surface area contributed by atoms with Crippen molar-refractivity contribution in [1.82, 2.24) is 0 Å². The van der Waals surface area contributed by atoms with Crippen LogP contribution in [0.3, 0.4) is 0 Å². The summed E-state index contributed by atoms with van der Waals surface area (Å²) in [6.45, 7) is 3.22. The minimum absolute atomic E-state index is 0.275. The second kappa shape index (κ2) is 4.52. The summed E-state index contributed by atoms with van der Waals surface area (Å²) in [6, 6.07) is 6.47. The average Bonchev–Trinajstić information content (AvgIpc) is 3.13. The van der Waals surface area contributed by atoms with E-state index >= 15 is 0 Å². The lowest BCUT2D eigenvalue weighted by atomic mass is 9.85. The largest absolute Gasteiger partial charge is 0.481 e. The number of carbonyl (C=O) groups is 1. The van der Waals surface area contributed by atoms with Crippen LogP contribution in [0.1, 0.15) is 32.3 Å². The fraction of sp³-hybridized carbons (Fsp3) is 0.462. The van der Waals surface area contributed by atoms with Gasteiger partial charge in [0.25, 0.3) is 0 Å². The molecule has 0 aromatic heterocycles. The van der Waals surface area contributed by atoms with E-state index in [0.717, 1.165) is 0 Å². The van der Waals surface area contributed by atoms with Crippen molar-refractivity contribution in [1.29, 1.82) is 0 Å². The fourth-order valence-electron chi connectivity index (χ4n) is 1.70. The van der Waals surface area contributed by atoms with Crippen molar-refractivity contribution < 1.29 is 18.3 Å². The van der Waals surface area contributed by atoms with Crippen LogP contribution in [0.5, 0.6) is 0 Å². The zero-order chi connectivity index (χ0) is 14.3. The van der Waals surface area contributed by atoms with Crippen molar-refractivity contribution in [3.8, 4) is 0 Å². The van der Waals surface area contributed by atoms with Gasteiger partial charge in [-0.2, -0.15) is 0 Å². The van der Waals surface area contributed by atoms with E-state index in [1.54, 1.807) is 38.1 Å². The summed E-state index contributed by atoms with van der Waals surface area (Å²) in [7, 11) is -3.27. The molecule has 0 aliphatic heterocycles. The van der Waals surface area contributed by atoms with Crippen LogP contribution in [-0.4, -0.2) is 24.7 Å². The summed E-state index contributed by atoms with van der Waals surface area (Å²) in [5, 5.41) is 8.84. The number of nitrogens with one attached hydrogen (secondary N) is 1. The van der Waals surface area contributed by atoms with E-state index in [0.29, 0.717) is 24.1 Å². The van der Waals surface area contributed by atoms with Crippen molar-refractivity contribution in [2.75, 3.05) is 4.72 Å². The van der Waals surface area contributed by atoms with Gasteiger partial charge < -0.3 is 5.11 Å². The van der Waals surface area contributed by atoms with Gasteiger partial charge in [-0.25, -0.2) is 8.42 Å². The van der Waals surface area contributed by atoms with Gasteiger partial charge in [0.1, 0.15) is 0 Å². The van der Waals surface area contributed by atoms with Gasteiger partial charge in [0.15, 0.2) is 0 Å². The number of sulfonamides is 1. The van der Waals surface area contributed by atoms with Crippen molar-refractivity contribution >= 4 is 21.7 Å². The smallest absolute Gasteiger partial charge is 0.313 e. The molecule has 0 spiro atoms. The molecule has 1 fully saturated rings. The molecule has 0 unspecified atom stereocenters. The van der Waals surface area contributed by atoms with Gasteiger partial charge in [-0.15, -0.1) is 0 Å². The van der Waals surface area contributed by atoms with Crippen LogP contribution in [0.4, 0.5) is 5.69 Å². The Balaban J connectivity index is 2.17. The van der Waals surface area contributed by atoms with E-state index in [2.05, 4.69) is 4.72 Å². The Labute approximate surface area is 112 Å². The number of anilines is 1. The van der Waals surface area contributed by atoms with Gasteiger partial charge in [0.05, 0.1) is 10.7 Å². The lowest BCUT2D eigenvalue weighted by molar-refractivity contribution is -0.142.